The number of rotatable bonds is 4. The first-order valence-corrected chi connectivity index (χ1v) is 7.89. The van der Waals surface area contributed by atoms with Gasteiger partial charge in [-0.25, -0.2) is 0 Å². The summed E-state index contributed by atoms with van der Waals surface area (Å²) in [5.41, 5.74) is 2.32. The lowest BCUT2D eigenvalue weighted by molar-refractivity contribution is -0.132. The lowest BCUT2D eigenvalue weighted by Crippen LogP contribution is -2.46. The van der Waals surface area contributed by atoms with Crippen molar-refractivity contribution in [2.45, 2.75) is 57.8 Å². The van der Waals surface area contributed by atoms with E-state index in [9.17, 15) is 13.2 Å². The zero-order valence-corrected chi connectivity index (χ0v) is 16.5. The highest BCUT2D eigenvalue weighted by Crippen LogP contribution is 2.22. The second kappa shape index (κ2) is 8.91. The lowest BCUT2D eigenvalue weighted by atomic mass is 9.94. The van der Waals surface area contributed by atoms with E-state index in [-0.39, 0.29) is 36.6 Å². The molecule has 0 spiro atoms. The summed E-state index contributed by atoms with van der Waals surface area (Å²) in [5.74, 6) is 0.408. The first-order valence-electron chi connectivity index (χ1n) is 7.89. The van der Waals surface area contributed by atoms with Crippen molar-refractivity contribution in [1.29, 1.82) is 0 Å². The van der Waals surface area contributed by atoms with Crippen molar-refractivity contribution in [3.8, 4) is 0 Å². The summed E-state index contributed by atoms with van der Waals surface area (Å²) < 4.78 is 38.5. The number of fused-ring (bicyclic) bond motifs is 1. The van der Waals surface area contributed by atoms with Crippen LogP contribution >= 0.6 is 24.0 Å². The van der Waals surface area contributed by atoms with Gasteiger partial charge in [0.1, 0.15) is 0 Å². The molecule has 5 nitrogen and oxygen atoms in total. The van der Waals surface area contributed by atoms with Crippen molar-refractivity contribution in [2.24, 2.45) is 4.99 Å². The Morgan fingerprint density at radius 3 is 2.75 bits per heavy atom. The molecule has 1 aromatic rings. The molecule has 1 aromatic heterocycles. The quantitative estimate of drug-likeness (QED) is 0.414. The topological polar surface area (TPSA) is 54.2 Å². The Kier molecular flexibility index (Phi) is 7.81. The van der Waals surface area contributed by atoms with E-state index in [1.165, 1.54) is 5.56 Å². The van der Waals surface area contributed by atoms with Gasteiger partial charge in [-0.15, -0.1) is 24.0 Å². The molecule has 0 amide bonds. The number of halogens is 4. The lowest BCUT2D eigenvalue weighted by Gasteiger charge is -2.24. The predicted molar refractivity (Wildman–Crippen MR) is 99.0 cm³/mol. The molecule has 1 aliphatic rings. The van der Waals surface area contributed by atoms with Crippen molar-refractivity contribution in [2.75, 3.05) is 13.6 Å². The fraction of sp³-hybridized carbons (Fsp3) is 0.733. The monoisotopic (exact) mass is 459 g/mol. The number of aryl methyl sites for hydroxylation is 1. The molecule has 0 saturated heterocycles. The summed E-state index contributed by atoms with van der Waals surface area (Å²) in [6.07, 6.45) is -0.353. The Morgan fingerprint density at radius 2 is 2.17 bits per heavy atom. The zero-order valence-electron chi connectivity index (χ0n) is 14.2. The number of aliphatic imine (C=N–C) groups is 1. The third-order valence-corrected chi connectivity index (χ3v) is 3.89. The van der Waals surface area contributed by atoms with Gasteiger partial charge in [-0.05, 0) is 32.3 Å². The van der Waals surface area contributed by atoms with Crippen molar-refractivity contribution < 1.29 is 13.2 Å². The molecule has 0 saturated carbocycles. The molecule has 1 heterocycles. The fourth-order valence-electron chi connectivity index (χ4n) is 2.61. The van der Waals surface area contributed by atoms with Gasteiger partial charge in [-0.2, -0.15) is 18.3 Å². The molecular formula is C15H25F3IN5. The van der Waals surface area contributed by atoms with Crippen LogP contribution in [0.4, 0.5) is 13.2 Å². The van der Waals surface area contributed by atoms with Gasteiger partial charge in [0.05, 0.1) is 12.1 Å². The molecule has 0 radical (unpaired) electrons. The largest absolute Gasteiger partial charge is 0.390 e. The van der Waals surface area contributed by atoms with Gasteiger partial charge in [-0.1, -0.05) is 0 Å². The number of nitrogens with zero attached hydrogens (tertiary/aromatic N) is 3. The molecule has 2 N–H and O–H groups in total. The van der Waals surface area contributed by atoms with Crippen LogP contribution in [0.15, 0.2) is 11.2 Å². The van der Waals surface area contributed by atoms with Gasteiger partial charge < -0.3 is 10.6 Å². The van der Waals surface area contributed by atoms with Gasteiger partial charge in [0.2, 0.25) is 0 Å². The summed E-state index contributed by atoms with van der Waals surface area (Å²) >= 11 is 0. The minimum atomic E-state index is -4.16. The molecule has 1 aliphatic carbocycles. The van der Waals surface area contributed by atoms with Crippen LogP contribution in [0, 0.1) is 0 Å². The third-order valence-electron chi connectivity index (χ3n) is 3.89. The maximum atomic E-state index is 12.2. The number of hydrogen-bond acceptors (Lipinski definition) is 2. The normalized spacial score (nSPS) is 18.1. The van der Waals surface area contributed by atoms with Gasteiger partial charge in [0.15, 0.2) is 5.96 Å². The van der Waals surface area contributed by atoms with Gasteiger partial charge in [0, 0.05) is 38.3 Å². The molecule has 2 rings (SSSR count). The zero-order chi connectivity index (χ0) is 17.0. The Bertz CT molecular complexity index is 554. The summed E-state index contributed by atoms with van der Waals surface area (Å²) in [7, 11) is 1.56. The number of alkyl halides is 3. The van der Waals surface area contributed by atoms with Crippen LogP contribution in [0.25, 0.3) is 0 Å². The summed E-state index contributed by atoms with van der Waals surface area (Å²) in [5, 5.41) is 10.5. The fourth-order valence-corrected chi connectivity index (χ4v) is 2.61. The van der Waals surface area contributed by atoms with Crippen molar-refractivity contribution >= 4 is 29.9 Å². The number of guanidine groups is 1. The van der Waals surface area contributed by atoms with Gasteiger partial charge >= 0.3 is 6.18 Å². The van der Waals surface area contributed by atoms with E-state index in [0.717, 1.165) is 25.0 Å². The average molecular weight is 459 g/mol. The summed E-state index contributed by atoms with van der Waals surface area (Å²) in [4.78, 5) is 3.99. The van der Waals surface area contributed by atoms with Gasteiger partial charge in [-0.3, -0.25) is 9.67 Å². The molecule has 1 atom stereocenters. The van der Waals surface area contributed by atoms with Crippen LogP contribution in [-0.4, -0.2) is 41.6 Å². The molecule has 0 aromatic carbocycles. The van der Waals surface area contributed by atoms with Crippen molar-refractivity contribution in [1.82, 2.24) is 20.4 Å². The van der Waals surface area contributed by atoms with Crippen LogP contribution in [0.2, 0.25) is 0 Å². The van der Waals surface area contributed by atoms with Crippen molar-refractivity contribution in [3.05, 3.63) is 17.5 Å². The number of hydrogen-bond donors (Lipinski definition) is 2. The Hall–Kier alpha value is -1.00. The summed E-state index contributed by atoms with van der Waals surface area (Å²) in [6, 6.07) is 0.457. The standard InChI is InChI=1S/C15H24F3N5.HI/c1-10(2)23-9-11-4-5-12(8-13(11)22-23)21-14(19-3)20-7-6-15(16,17)18;/h9-10,12H,4-8H2,1-3H3,(H2,19,20,21);1H. The van der Waals surface area contributed by atoms with Crippen LogP contribution in [0.3, 0.4) is 0 Å². The molecule has 0 bridgehead atoms. The molecule has 138 valence electrons. The average Bonchev–Trinajstić information content (AvgIpc) is 2.88. The van der Waals surface area contributed by atoms with E-state index in [1.807, 2.05) is 4.68 Å². The maximum Gasteiger partial charge on any atom is 0.390 e. The molecule has 9 heteroatoms. The first-order chi connectivity index (χ1) is 10.8. The van der Waals surface area contributed by atoms with E-state index in [4.69, 9.17) is 0 Å². The van der Waals surface area contributed by atoms with Gasteiger partial charge in [0.25, 0.3) is 0 Å². The first kappa shape index (κ1) is 21.0. The van der Waals surface area contributed by atoms with E-state index in [0.29, 0.717) is 12.0 Å². The third kappa shape index (κ3) is 6.14. The Labute approximate surface area is 157 Å². The maximum absolute atomic E-state index is 12.2. The van der Waals surface area contributed by atoms with E-state index in [2.05, 4.69) is 40.8 Å². The SMILES string of the molecule is CN=C(NCCC(F)(F)F)NC1CCc2cn(C(C)C)nc2C1.I. The van der Waals surface area contributed by atoms with Crippen LogP contribution < -0.4 is 10.6 Å². The highest BCUT2D eigenvalue weighted by Gasteiger charge is 2.27. The molecular weight excluding hydrogens is 434 g/mol. The molecule has 0 aliphatic heterocycles. The Balaban J connectivity index is 0.00000288. The molecule has 24 heavy (non-hydrogen) atoms. The minimum Gasteiger partial charge on any atom is -0.356 e. The van der Waals surface area contributed by atoms with E-state index in [1.54, 1.807) is 7.05 Å². The molecule has 0 fully saturated rings. The van der Waals surface area contributed by atoms with Crippen LogP contribution in [0.1, 0.15) is 44.0 Å². The van der Waals surface area contributed by atoms with E-state index < -0.39 is 12.6 Å². The highest BCUT2D eigenvalue weighted by atomic mass is 127. The molecule has 1 unspecified atom stereocenters. The van der Waals surface area contributed by atoms with Crippen LogP contribution in [-0.2, 0) is 12.8 Å². The number of nitrogens with one attached hydrogen (secondary N) is 2. The highest BCUT2D eigenvalue weighted by molar-refractivity contribution is 14.0. The summed E-state index contributed by atoms with van der Waals surface area (Å²) in [6.45, 7) is 3.99. The second-order valence-corrected chi connectivity index (χ2v) is 6.12. The second-order valence-electron chi connectivity index (χ2n) is 6.12. The van der Waals surface area contributed by atoms with Crippen LogP contribution in [0.5, 0.6) is 0 Å². The predicted octanol–water partition coefficient (Wildman–Crippen LogP) is 3.06. The minimum absolute atomic E-state index is 0. The Morgan fingerprint density at radius 1 is 1.46 bits per heavy atom. The smallest absolute Gasteiger partial charge is 0.356 e. The van der Waals surface area contributed by atoms with E-state index >= 15 is 0 Å². The number of aromatic nitrogens is 2. The van der Waals surface area contributed by atoms with Crippen molar-refractivity contribution in [3.63, 3.8) is 0 Å².